The van der Waals surface area contributed by atoms with Crippen LogP contribution in [0.5, 0.6) is 0 Å². The maximum Gasteiger partial charge on any atom is 0.291 e. The van der Waals surface area contributed by atoms with Gasteiger partial charge in [0.05, 0.1) is 0 Å². The molecular weight excluding hydrogens is 158 g/mol. The van der Waals surface area contributed by atoms with Gasteiger partial charge in [0, 0.05) is 23.7 Å². The minimum atomic E-state index is -1.50. The zero-order valence-electron chi connectivity index (χ0n) is 4.22. The van der Waals surface area contributed by atoms with Crippen LogP contribution < -0.4 is 0 Å². The van der Waals surface area contributed by atoms with Gasteiger partial charge in [0.25, 0.3) is 5.09 Å². The smallest absolute Gasteiger partial charge is 0.291 e. The van der Waals surface area contributed by atoms with Crippen molar-refractivity contribution in [2.45, 2.75) is 6.92 Å². The van der Waals surface area contributed by atoms with Crippen molar-refractivity contribution < 1.29 is 32.5 Å². The van der Waals surface area contributed by atoms with E-state index in [0.717, 1.165) is 0 Å². The van der Waals surface area contributed by atoms with Crippen molar-refractivity contribution in [2.75, 3.05) is 6.61 Å². The van der Waals surface area contributed by atoms with Crippen molar-refractivity contribution in [3.63, 3.8) is 0 Å². The van der Waals surface area contributed by atoms with E-state index in [1.807, 2.05) is 0 Å². The molecular formula is C2H7FeNO4. The second-order valence-corrected chi connectivity index (χ2v) is 0.554. The average molecular weight is 165 g/mol. The second kappa shape index (κ2) is 15.9. The molecule has 0 heterocycles. The second-order valence-electron chi connectivity index (χ2n) is 0.554. The van der Waals surface area contributed by atoms with E-state index in [1.165, 1.54) is 0 Å². The Hall–Kier alpha value is -0.321. The summed E-state index contributed by atoms with van der Waals surface area (Å²) in [5.41, 5.74) is 0. The molecule has 0 aromatic carbocycles. The van der Waals surface area contributed by atoms with E-state index in [9.17, 15) is 0 Å². The zero-order chi connectivity index (χ0) is 6.28. The fraction of sp³-hybridized carbons (Fsp3) is 1.00. The van der Waals surface area contributed by atoms with E-state index < -0.39 is 5.09 Å². The van der Waals surface area contributed by atoms with E-state index >= 15 is 0 Å². The molecule has 0 saturated heterocycles. The molecule has 0 fully saturated rings. The van der Waals surface area contributed by atoms with Gasteiger partial charge in [-0.1, -0.05) is 0 Å². The quantitative estimate of drug-likeness (QED) is 0.292. The van der Waals surface area contributed by atoms with E-state index in [2.05, 4.69) is 0 Å². The summed E-state index contributed by atoms with van der Waals surface area (Å²) in [6.07, 6.45) is 0. The summed E-state index contributed by atoms with van der Waals surface area (Å²) in [6.45, 7) is 1.93. The molecule has 5 nitrogen and oxygen atoms in total. The Morgan fingerprint density at radius 1 is 1.75 bits per heavy atom. The topological polar surface area (TPSA) is 83.6 Å². The molecule has 0 aromatic heterocycles. The van der Waals surface area contributed by atoms with Gasteiger partial charge in [-0.05, 0) is 6.92 Å². The van der Waals surface area contributed by atoms with Crippen molar-refractivity contribution in [1.82, 2.24) is 0 Å². The summed E-state index contributed by atoms with van der Waals surface area (Å²) in [4.78, 5) is 8.36. The van der Waals surface area contributed by atoms with Crippen LogP contribution in [0.4, 0.5) is 0 Å². The van der Waals surface area contributed by atoms with Crippen LogP contribution in [-0.4, -0.2) is 22.0 Å². The van der Waals surface area contributed by atoms with E-state index in [1.54, 1.807) is 6.92 Å². The van der Waals surface area contributed by atoms with Gasteiger partial charge < -0.3 is 10.3 Å². The van der Waals surface area contributed by atoms with Crippen molar-refractivity contribution in [3.05, 3.63) is 10.1 Å². The Bertz CT molecular complexity index is 45.3. The van der Waals surface area contributed by atoms with Crippen molar-refractivity contribution in [3.8, 4) is 0 Å². The summed E-state index contributed by atoms with van der Waals surface area (Å²) in [5.74, 6) is 0. The van der Waals surface area contributed by atoms with Crippen molar-refractivity contribution in [1.29, 1.82) is 0 Å². The molecule has 0 radical (unpaired) electrons. The number of hydrogen-bond acceptors (Lipinski definition) is 3. The Kier molecular flexibility index (Phi) is 31.1. The van der Waals surface area contributed by atoms with Crippen LogP contribution in [0.15, 0.2) is 0 Å². The van der Waals surface area contributed by atoms with Crippen molar-refractivity contribution in [2.24, 2.45) is 0 Å². The molecule has 0 saturated carbocycles. The van der Waals surface area contributed by atoms with Gasteiger partial charge in [0.15, 0.2) is 0 Å². The van der Waals surface area contributed by atoms with Crippen molar-refractivity contribution >= 4 is 0 Å². The molecule has 52 valence electrons. The Balaban J connectivity index is -0.0000000575. The number of aliphatic hydroxyl groups excluding tert-OH is 1. The molecule has 0 aliphatic rings. The van der Waals surface area contributed by atoms with Gasteiger partial charge in [-0.25, -0.2) is 0 Å². The first kappa shape index (κ1) is 15.6. The fourth-order valence-corrected chi connectivity index (χ4v) is 0. The Morgan fingerprint density at radius 2 is 1.75 bits per heavy atom. The summed E-state index contributed by atoms with van der Waals surface area (Å²) in [7, 11) is 0. The Labute approximate surface area is 56.9 Å². The molecule has 0 aromatic rings. The van der Waals surface area contributed by atoms with Gasteiger partial charge in [0.2, 0.25) is 0 Å². The molecule has 8 heavy (non-hydrogen) atoms. The number of nitrogens with zero attached hydrogens (tertiary/aromatic N) is 1. The summed E-state index contributed by atoms with van der Waals surface area (Å²) in [6, 6.07) is 0. The minimum Gasteiger partial charge on any atom is -0.397 e. The van der Waals surface area contributed by atoms with Crippen LogP contribution in [-0.2, 0) is 17.1 Å². The minimum absolute atomic E-state index is 0. The standard InChI is InChI=1S/C2H6O.Fe.HNO3/c1-2-3;;2-1(3)4/h3H,2H2,1H3;;(H,2,3,4). The molecule has 0 amide bonds. The molecule has 0 aliphatic carbocycles. The first-order valence-electron chi connectivity index (χ1n) is 1.59. The number of hydrogen-bond donors (Lipinski definition) is 2. The third-order valence-electron chi connectivity index (χ3n) is 0. The van der Waals surface area contributed by atoms with E-state index in [0.29, 0.717) is 0 Å². The summed E-state index contributed by atoms with van der Waals surface area (Å²) in [5, 5.41) is 21.2. The molecule has 2 N–H and O–H groups in total. The van der Waals surface area contributed by atoms with Gasteiger partial charge in [0.1, 0.15) is 0 Å². The largest absolute Gasteiger partial charge is 0.397 e. The fourth-order valence-electron chi connectivity index (χ4n) is 0. The normalized spacial score (nSPS) is 5.25. The molecule has 6 heteroatoms. The first-order valence-corrected chi connectivity index (χ1v) is 1.59. The number of rotatable bonds is 0. The first-order chi connectivity index (χ1) is 3.15. The van der Waals surface area contributed by atoms with Crippen LogP contribution in [0.25, 0.3) is 0 Å². The summed E-state index contributed by atoms with van der Waals surface area (Å²) >= 11 is 0. The average Bonchev–Trinajstić information content (AvgIpc) is 1.33. The summed E-state index contributed by atoms with van der Waals surface area (Å²) < 4.78 is 0. The predicted molar refractivity (Wildman–Crippen MR) is 21.5 cm³/mol. The maximum atomic E-state index is 8.36. The third kappa shape index (κ3) is 1210. The van der Waals surface area contributed by atoms with Gasteiger partial charge >= 0.3 is 0 Å². The van der Waals surface area contributed by atoms with Gasteiger partial charge in [-0.3, -0.25) is 0 Å². The molecule has 0 bridgehead atoms. The van der Waals surface area contributed by atoms with Gasteiger partial charge in [-0.15, -0.1) is 10.1 Å². The number of aliphatic hydroxyl groups is 1. The van der Waals surface area contributed by atoms with Crippen LogP contribution in [0.3, 0.4) is 0 Å². The third-order valence-corrected chi connectivity index (χ3v) is 0. The monoisotopic (exact) mass is 165 g/mol. The molecule has 0 unspecified atom stereocenters. The molecule has 0 aliphatic heterocycles. The van der Waals surface area contributed by atoms with Crippen LogP contribution in [0.1, 0.15) is 6.92 Å². The van der Waals surface area contributed by atoms with E-state index in [-0.39, 0.29) is 23.7 Å². The SMILES string of the molecule is CCO.O=[N+]([O-])O.[Fe]. The maximum absolute atomic E-state index is 8.36. The Morgan fingerprint density at radius 3 is 1.75 bits per heavy atom. The van der Waals surface area contributed by atoms with Gasteiger partial charge in [-0.2, -0.15) is 0 Å². The predicted octanol–water partition coefficient (Wildman–Crippen LogP) is -0.352. The van der Waals surface area contributed by atoms with Crippen LogP contribution >= 0.6 is 0 Å². The molecule has 0 spiro atoms. The van der Waals surface area contributed by atoms with E-state index in [4.69, 9.17) is 20.4 Å². The molecule has 0 atom stereocenters. The zero-order valence-corrected chi connectivity index (χ0v) is 5.32. The van der Waals surface area contributed by atoms with Crippen LogP contribution in [0, 0.1) is 10.1 Å². The molecule has 0 rings (SSSR count). The van der Waals surface area contributed by atoms with Crippen LogP contribution in [0.2, 0.25) is 0 Å².